The van der Waals surface area contributed by atoms with Gasteiger partial charge in [-0.2, -0.15) is 0 Å². The van der Waals surface area contributed by atoms with Crippen molar-refractivity contribution in [2.45, 2.75) is 219 Å². The smallest absolute Gasteiger partial charge is 0.462 e. The van der Waals surface area contributed by atoms with E-state index in [0.717, 1.165) is 58.5 Å². The summed E-state index contributed by atoms with van der Waals surface area (Å²) >= 11 is 0. The van der Waals surface area contributed by atoms with Gasteiger partial charge >= 0.3 is 19.8 Å². The van der Waals surface area contributed by atoms with E-state index in [1.54, 1.807) is 0 Å². The summed E-state index contributed by atoms with van der Waals surface area (Å²) in [6.07, 6.45) is 39.8. The summed E-state index contributed by atoms with van der Waals surface area (Å²) in [5.41, 5.74) is 0. The van der Waals surface area contributed by atoms with Crippen LogP contribution in [0, 0.1) is 0 Å². The summed E-state index contributed by atoms with van der Waals surface area (Å²) in [6, 6.07) is 0. The molecule has 0 aromatic heterocycles. The molecule has 50 heavy (non-hydrogen) atoms. The average molecular weight is 731 g/mol. The van der Waals surface area contributed by atoms with Crippen LogP contribution in [0.4, 0.5) is 0 Å². The molecule has 0 heterocycles. The van der Waals surface area contributed by atoms with E-state index in [-0.39, 0.29) is 19.0 Å². The van der Waals surface area contributed by atoms with Crippen LogP contribution in [0.1, 0.15) is 213 Å². The van der Waals surface area contributed by atoms with Gasteiger partial charge in [0.25, 0.3) is 0 Å². The highest BCUT2D eigenvalue weighted by molar-refractivity contribution is 7.47. The highest BCUT2D eigenvalue weighted by Gasteiger charge is 2.24. The Morgan fingerprint density at radius 2 is 0.900 bits per heavy atom. The number of ether oxygens (including phenoxy) is 2. The van der Waals surface area contributed by atoms with E-state index in [2.05, 4.69) is 30.5 Å². The second-order valence-electron chi connectivity index (χ2n) is 14.1. The Morgan fingerprint density at radius 3 is 1.34 bits per heavy atom. The largest absolute Gasteiger partial charge is 0.472 e. The topological polar surface area (TPSA) is 108 Å². The number of unbranched alkanes of at least 4 members (excludes halogenated alkanes) is 26. The van der Waals surface area contributed by atoms with E-state index < -0.39 is 26.5 Å². The second kappa shape index (κ2) is 37.5. The van der Waals surface area contributed by atoms with Crippen LogP contribution in [0.25, 0.3) is 0 Å². The normalized spacial score (nSPS) is 13.4. The first-order chi connectivity index (χ1) is 24.3. The lowest BCUT2D eigenvalue weighted by molar-refractivity contribution is -0.161. The summed E-state index contributed by atoms with van der Waals surface area (Å²) in [5.74, 6) is -0.804. The fourth-order valence-corrected chi connectivity index (χ4v) is 6.47. The maximum atomic E-state index is 12.4. The Balaban J connectivity index is 3.93. The second-order valence-corrected chi connectivity index (χ2v) is 15.7. The van der Waals surface area contributed by atoms with Gasteiger partial charge in [-0.1, -0.05) is 174 Å². The molecular formula is C41H79O8P. The summed E-state index contributed by atoms with van der Waals surface area (Å²) in [4.78, 5) is 34.4. The van der Waals surface area contributed by atoms with Crippen LogP contribution in [-0.4, -0.2) is 43.3 Å². The SMILES string of the molecule is CCCCC/C=C\CCCCCCCC(=O)OC(COC(=O)CCCCCCCCCCCCCCCCCCCCC)COP(=O)(O)OC. The van der Waals surface area contributed by atoms with E-state index in [1.807, 2.05) is 0 Å². The number of carbonyl (C=O) groups is 2. The van der Waals surface area contributed by atoms with Gasteiger partial charge in [0.1, 0.15) is 6.61 Å². The minimum absolute atomic E-state index is 0.223. The molecule has 0 saturated heterocycles. The molecule has 2 atom stereocenters. The zero-order valence-corrected chi connectivity index (χ0v) is 33.7. The first-order valence-corrected chi connectivity index (χ1v) is 22.4. The van der Waals surface area contributed by atoms with Gasteiger partial charge < -0.3 is 14.4 Å². The Bertz CT molecular complexity index is 833. The molecule has 0 aliphatic rings. The maximum Gasteiger partial charge on any atom is 0.472 e. The van der Waals surface area contributed by atoms with Crippen molar-refractivity contribution in [1.82, 2.24) is 0 Å². The standard InChI is InChI=1S/C41H79O8P/c1-4-6-8-10-12-14-16-18-19-20-21-22-23-24-26-27-29-31-33-35-40(42)47-37-39(38-48-50(44,45)46-3)49-41(43)36-34-32-30-28-25-17-15-13-11-9-7-5-2/h13,15,39H,4-12,14,16-38H2,1-3H3,(H,44,45)/b15-13-. The number of allylic oxidation sites excluding steroid dienone is 2. The van der Waals surface area contributed by atoms with Gasteiger partial charge in [-0.25, -0.2) is 4.57 Å². The number of phosphoric ester groups is 1. The van der Waals surface area contributed by atoms with Crippen LogP contribution in [0.2, 0.25) is 0 Å². The molecule has 0 aromatic carbocycles. The van der Waals surface area contributed by atoms with Crippen molar-refractivity contribution in [3.05, 3.63) is 12.2 Å². The zero-order chi connectivity index (χ0) is 36.8. The molecule has 2 unspecified atom stereocenters. The number of hydrogen-bond acceptors (Lipinski definition) is 7. The minimum Gasteiger partial charge on any atom is -0.462 e. The van der Waals surface area contributed by atoms with Gasteiger partial charge in [-0.05, 0) is 38.5 Å². The van der Waals surface area contributed by atoms with Crippen molar-refractivity contribution in [3.63, 3.8) is 0 Å². The summed E-state index contributed by atoms with van der Waals surface area (Å²) in [5, 5.41) is 0. The molecule has 8 nitrogen and oxygen atoms in total. The predicted molar refractivity (Wildman–Crippen MR) is 207 cm³/mol. The molecule has 0 saturated carbocycles. The van der Waals surface area contributed by atoms with E-state index >= 15 is 0 Å². The molecule has 0 aliphatic carbocycles. The molecule has 0 radical (unpaired) electrons. The van der Waals surface area contributed by atoms with Gasteiger partial charge in [-0.15, -0.1) is 0 Å². The number of hydrogen-bond donors (Lipinski definition) is 1. The fourth-order valence-electron chi connectivity index (χ4n) is 6.01. The van der Waals surface area contributed by atoms with Crippen molar-refractivity contribution < 1.29 is 37.6 Å². The summed E-state index contributed by atoms with van der Waals surface area (Å²) < 4.78 is 31.9. The molecule has 1 N–H and O–H groups in total. The van der Waals surface area contributed by atoms with Crippen LogP contribution in [0.5, 0.6) is 0 Å². The van der Waals surface area contributed by atoms with Gasteiger partial charge in [0.2, 0.25) is 0 Å². The molecule has 0 rings (SSSR count). The predicted octanol–water partition coefficient (Wildman–Crippen LogP) is 12.9. The molecule has 0 amide bonds. The zero-order valence-electron chi connectivity index (χ0n) is 32.8. The van der Waals surface area contributed by atoms with E-state index in [9.17, 15) is 19.0 Å². The van der Waals surface area contributed by atoms with Crippen molar-refractivity contribution in [2.24, 2.45) is 0 Å². The third-order valence-electron chi connectivity index (χ3n) is 9.26. The molecule has 9 heteroatoms. The van der Waals surface area contributed by atoms with Crippen LogP contribution in [0.15, 0.2) is 12.2 Å². The quantitative estimate of drug-likeness (QED) is 0.0288. The summed E-state index contributed by atoms with van der Waals surface area (Å²) in [6.45, 7) is 3.87. The van der Waals surface area contributed by atoms with Gasteiger partial charge in [0.05, 0.1) is 6.61 Å². The first-order valence-electron chi connectivity index (χ1n) is 20.9. The third kappa shape index (κ3) is 36.6. The highest BCUT2D eigenvalue weighted by Crippen LogP contribution is 2.42. The van der Waals surface area contributed by atoms with Crippen LogP contribution in [0.3, 0.4) is 0 Å². The Morgan fingerprint density at radius 1 is 0.540 bits per heavy atom. The van der Waals surface area contributed by atoms with E-state index in [0.29, 0.717) is 12.8 Å². The molecule has 296 valence electrons. The monoisotopic (exact) mass is 731 g/mol. The van der Waals surface area contributed by atoms with E-state index in [4.69, 9.17) is 14.0 Å². The molecule has 0 spiro atoms. The van der Waals surface area contributed by atoms with Gasteiger partial charge in [-0.3, -0.25) is 18.6 Å². The number of esters is 2. The molecule has 0 fully saturated rings. The number of rotatable bonds is 39. The maximum absolute atomic E-state index is 12.4. The summed E-state index contributed by atoms with van der Waals surface area (Å²) in [7, 11) is -3.19. The van der Waals surface area contributed by atoms with Crippen molar-refractivity contribution in [2.75, 3.05) is 20.3 Å². The molecule has 0 aliphatic heterocycles. The fraction of sp³-hybridized carbons (Fsp3) is 0.902. The number of carbonyl (C=O) groups excluding carboxylic acids is 2. The molecule has 0 aromatic rings. The lowest BCUT2D eigenvalue weighted by Crippen LogP contribution is -2.29. The lowest BCUT2D eigenvalue weighted by Gasteiger charge is -2.19. The molecular weight excluding hydrogens is 651 g/mol. The minimum atomic E-state index is -4.25. The van der Waals surface area contributed by atoms with Crippen LogP contribution < -0.4 is 0 Å². The number of phosphoric acid groups is 1. The lowest BCUT2D eigenvalue weighted by atomic mass is 10.0. The van der Waals surface area contributed by atoms with Crippen molar-refractivity contribution >= 4 is 19.8 Å². The Hall–Kier alpha value is -1.21. The van der Waals surface area contributed by atoms with Crippen LogP contribution >= 0.6 is 7.82 Å². The Kier molecular flexibility index (Phi) is 36.6. The molecule has 0 bridgehead atoms. The highest BCUT2D eigenvalue weighted by atomic mass is 31.2. The average Bonchev–Trinajstić information content (AvgIpc) is 3.10. The van der Waals surface area contributed by atoms with Gasteiger partial charge in [0, 0.05) is 20.0 Å². The Labute approximate surface area is 308 Å². The van der Waals surface area contributed by atoms with E-state index in [1.165, 1.54) is 128 Å². The van der Waals surface area contributed by atoms with Crippen molar-refractivity contribution in [1.29, 1.82) is 0 Å². The van der Waals surface area contributed by atoms with Crippen LogP contribution in [-0.2, 0) is 32.7 Å². The van der Waals surface area contributed by atoms with Gasteiger partial charge in [0.15, 0.2) is 6.10 Å². The van der Waals surface area contributed by atoms with Crippen molar-refractivity contribution in [3.8, 4) is 0 Å². The third-order valence-corrected chi connectivity index (χ3v) is 10.2. The first kappa shape index (κ1) is 48.8.